The van der Waals surface area contributed by atoms with Crippen LogP contribution in [0, 0.1) is 5.92 Å². The predicted molar refractivity (Wildman–Crippen MR) is 391 cm³/mol. The Kier molecular flexibility index (Phi) is 68.7. The summed E-state index contributed by atoms with van der Waals surface area (Å²) in [6.45, 7) is 7.16. The molecule has 570 valence electrons. The first-order valence-electron chi connectivity index (χ1n) is 40.1. The number of ether oxygens (including phenoxy) is 4. The molecule has 0 aliphatic carbocycles. The van der Waals surface area contributed by atoms with Crippen LogP contribution >= 0.6 is 15.6 Å². The topological polar surface area (TPSA) is 237 Å². The van der Waals surface area contributed by atoms with Crippen molar-refractivity contribution in [1.29, 1.82) is 0 Å². The SMILES string of the molecule is CCCCCCCCCCCCCCCCCCCCCCCC(=O)O[C@H](COC(=O)CCCCCCCCCCCCCCCCCCCCC)COP(=O)(O)OC[C@@H](O)COP(=O)(O)OC[C@@H](COC(=O)CCCCCCC)OC(=O)CCCCCCCCCCC(C)C. The van der Waals surface area contributed by atoms with Gasteiger partial charge < -0.3 is 33.8 Å². The number of unbranched alkanes of at least 4 members (excludes halogenated alkanes) is 49. The third-order valence-corrected chi connectivity index (χ3v) is 19.9. The third-order valence-electron chi connectivity index (χ3n) is 18.0. The lowest BCUT2D eigenvalue weighted by Gasteiger charge is -2.21. The average molecular weight is 1410 g/mol. The minimum atomic E-state index is -4.96. The van der Waals surface area contributed by atoms with E-state index in [-0.39, 0.29) is 25.7 Å². The molecule has 96 heavy (non-hydrogen) atoms. The van der Waals surface area contributed by atoms with Gasteiger partial charge in [-0.2, -0.15) is 0 Å². The number of aliphatic hydroxyl groups excluding tert-OH is 1. The maximum Gasteiger partial charge on any atom is 0.472 e. The third kappa shape index (κ3) is 70.5. The normalized spacial score (nSPS) is 13.9. The maximum absolute atomic E-state index is 13.1. The van der Waals surface area contributed by atoms with E-state index in [9.17, 15) is 43.2 Å². The predicted octanol–water partition coefficient (Wildman–Crippen LogP) is 22.9. The Morgan fingerprint density at radius 3 is 0.708 bits per heavy atom. The van der Waals surface area contributed by atoms with Gasteiger partial charge in [0.1, 0.15) is 19.3 Å². The highest BCUT2D eigenvalue weighted by molar-refractivity contribution is 7.47. The average Bonchev–Trinajstić information content (AvgIpc) is 1.70. The molecule has 0 spiro atoms. The molecule has 0 radical (unpaired) electrons. The van der Waals surface area contributed by atoms with E-state index in [4.69, 9.17) is 37.0 Å². The fourth-order valence-corrected chi connectivity index (χ4v) is 13.5. The quantitative estimate of drug-likeness (QED) is 0.0222. The molecule has 17 nitrogen and oxygen atoms in total. The van der Waals surface area contributed by atoms with E-state index >= 15 is 0 Å². The van der Waals surface area contributed by atoms with Crippen molar-refractivity contribution in [2.24, 2.45) is 5.92 Å². The first-order chi connectivity index (χ1) is 46.5. The molecule has 0 fully saturated rings. The molecule has 0 aromatic heterocycles. The molecule has 0 saturated carbocycles. The molecular weight excluding hydrogens is 1260 g/mol. The van der Waals surface area contributed by atoms with Gasteiger partial charge in [-0.25, -0.2) is 9.13 Å². The number of aliphatic hydroxyl groups is 1. The summed E-state index contributed by atoms with van der Waals surface area (Å²) in [5, 5.41) is 10.6. The standard InChI is InChI=1S/C77H150O17P2/c1-6-9-12-15-17-19-21-23-25-27-29-30-32-34-36-38-40-42-47-52-57-62-76(81)94-73(67-88-75(80)61-56-51-46-41-39-37-35-33-31-28-26-24-22-20-18-16-13-10-7-2)69-92-96(85,86)90-65-71(78)64-89-95(83,84)91-68-72(66-87-74(79)60-55-49-14-11-8-3)93-77(82)63-58-53-48-44-43-45-50-54-59-70(4)5/h70-73,78H,6-69H2,1-5H3,(H,83,84)(H,85,86)/t71-,72+,73+/m0/s1. The summed E-state index contributed by atoms with van der Waals surface area (Å²) in [6.07, 6.45) is 60.4. The fourth-order valence-electron chi connectivity index (χ4n) is 11.9. The molecule has 0 aliphatic rings. The molecule has 0 bridgehead atoms. The lowest BCUT2D eigenvalue weighted by atomic mass is 10.0. The minimum Gasteiger partial charge on any atom is -0.462 e. The molecule has 0 aromatic carbocycles. The van der Waals surface area contributed by atoms with Crippen LogP contribution in [0.25, 0.3) is 0 Å². The smallest absolute Gasteiger partial charge is 0.462 e. The molecule has 0 saturated heterocycles. The van der Waals surface area contributed by atoms with Crippen LogP contribution in [-0.2, 0) is 65.4 Å². The number of rotatable bonds is 77. The number of phosphoric acid groups is 2. The van der Waals surface area contributed by atoms with Crippen molar-refractivity contribution in [1.82, 2.24) is 0 Å². The van der Waals surface area contributed by atoms with Crippen molar-refractivity contribution in [3.8, 4) is 0 Å². The second kappa shape index (κ2) is 70.1. The maximum atomic E-state index is 13.1. The van der Waals surface area contributed by atoms with Gasteiger partial charge in [-0.3, -0.25) is 37.3 Å². The number of hydrogen-bond acceptors (Lipinski definition) is 15. The number of hydrogen-bond donors (Lipinski definition) is 3. The highest BCUT2D eigenvalue weighted by atomic mass is 31.2. The van der Waals surface area contributed by atoms with Crippen LogP contribution < -0.4 is 0 Å². The van der Waals surface area contributed by atoms with E-state index in [0.717, 1.165) is 102 Å². The Labute approximate surface area is 588 Å². The van der Waals surface area contributed by atoms with E-state index in [1.165, 1.54) is 225 Å². The highest BCUT2D eigenvalue weighted by Gasteiger charge is 2.30. The summed E-state index contributed by atoms with van der Waals surface area (Å²) in [4.78, 5) is 72.5. The zero-order chi connectivity index (χ0) is 70.5. The second-order valence-corrected chi connectivity index (χ2v) is 31.1. The molecular formula is C77H150O17P2. The van der Waals surface area contributed by atoms with Crippen LogP contribution in [0.5, 0.6) is 0 Å². The largest absolute Gasteiger partial charge is 0.472 e. The van der Waals surface area contributed by atoms with Crippen molar-refractivity contribution in [3.63, 3.8) is 0 Å². The van der Waals surface area contributed by atoms with Crippen molar-refractivity contribution in [3.05, 3.63) is 0 Å². The Morgan fingerprint density at radius 1 is 0.281 bits per heavy atom. The molecule has 0 heterocycles. The van der Waals surface area contributed by atoms with Crippen molar-refractivity contribution in [2.75, 3.05) is 39.6 Å². The van der Waals surface area contributed by atoms with Gasteiger partial charge in [0.15, 0.2) is 12.2 Å². The van der Waals surface area contributed by atoms with Gasteiger partial charge in [-0.05, 0) is 31.6 Å². The van der Waals surface area contributed by atoms with Gasteiger partial charge in [0, 0.05) is 25.7 Å². The van der Waals surface area contributed by atoms with Crippen LogP contribution in [-0.4, -0.2) is 96.7 Å². The number of esters is 4. The van der Waals surface area contributed by atoms with E-state index in [1.54, 1.807) is 0 Å². The first-order valence-corrected chi connectivity index (χ1v) is 43.1. The van der Waals surface area contributed by atoms with E-state index in [0.29, 0.717) is 25.7 Å². The summed E-state index contributed by atoms with van der Waals surface area (Å²) in [5.74, 6) is -1.41. The van der Waals surface area contributed by atoms with Crippen LogP contribution in [0.15, 0.2) is 0 Å². The lowest BCUT2D eigenvalue weighted by molar-refractivity contribution is -0.161. The van der Waals surface area contributed by atoms with Crippen LogP contribution in [0.3, 0.4) is 0 Å². The van der Waals surface area contributed by atoms with Crippen molar-refractivity contribution < 1.29 is 80.2 Å². The van der Waals surface area contributed by atoms with E-state index in [1.807, 2.05) is 0 Å². The summed E-state index contributed by atoms with van der Waals surface area (Å²) >= 11 is 0. The zero-order valence-corrected chi connectivity index (χ0v) is 64.3. The lowest BCUT2D eigenvalue weighted by Crippen LogP contribution is -2.30. The van der Waals surface area contributed by atoms with Crippen LogP contribution in [0.1, 0.15) is 407 Å². The molecule has 0 amide bonds. The van der Waals surface area contributed by atoms with Gasteiger partial charge >= 0.3 is 39.5 Å². The molecule has 0 aromatic rings. The Bertz CT molecular complexity index is 1840. The van der Waals surface area contributed by atoms with Crippen LogP contribution in [0.2, 0.25) is 0 Å². The van der Waals surface area contributed by atoms with Crippen LogP contribution in [0.4, 0.5) is 0 Å². The Hall–Kier alpha value is -1.94. The Balaban J connectivity index is 5.11. The van der Waals surface area contributed by atoms with Crippen molar-refractivity contribution >= 4 is 39.5 Å². The van der Waals surface area contributed by atoms with E-state index < -0.39 is 97.5 Å². The monoisotopic (exact) mass is 1410 g/mol. The highest BCUT2D eigenvalue weighted by Crippen LogP contribution is 2.45. The summed E-state index contributed by atoms with van der Waals surface area (Å²) in [7, 11) is -9.90. The van der Waals surface area contributed by atoms with Gasteiger partial charge in [0.05, 0.1) is 26.4 Å². The van der Waals surface area contributed by atoms with Gasteiger partial charge in [0.25, 0.3) is 0 Å². The molecule has 19 heteroatoms. The molecule has 0 aliphatic heterocycles. The van der Waals surface area contributed by atoms with E-state index in [2.05, 4.69) is 34.6 Å². The summed E-state index contributed by atoms with van der Waals surface area (Å²) in [5.41, 5.74) is 0. The molecule has 2 unspecified atom stereocenters. The summed E-state index contributed by atoms with van der Waals surface area (Å²) < 4.78 is 68.3. The first kappa shape index (κ1) is 94.1. The summed E-state index contributed by atoms with van der Waals surface area (Å²) in [6, 6.07) is 0. The van der Waals surface area contributed by atoms with Gasteiger partial charge in [0.2, 0.25) is 0 Å². The molecule has 0 rings (SSSR count). The molecule has 5 atom stereocenters. The Morgan fingerprint density at radius 2 is 0.479 bits per heavy atom. The molecule has 3 N–H and O–H groups in total. The number of carbonyl (C=O) groups excluding carboxylic acids is 4. The fraction of sp³-hybridized carbons (Fsp3) is 0.948. The minimum absolute atomic E-state index is 0.104. The zero-order valence-electron chi connectivity index (χ0n) is 62.5. The number of phosphoric ester groups is 2. The van der Waals surface area contributed by atoms with Gasteiger partial charge in [-0.15, -0.1) is 0 Å². The second-order valence-electron chi connectivity index (χ2n) is 28.2. The van der Waals surface area contributed by atoms with Gasteiger partial charge in [-0.1, -0.05) is 356 Å². The van der Waals surface area contributed by atoms with Crippen molar-refractivity contribution in [2.45, 2.75) is 425 Å². The number of carbonyl (C=O) groups is 4.